The first-order valence-electron chi connectivity index (χ1n) is 5.84. The van der Waals surface area contributed by atoms with Crippen molar-refractivity contribution in [3.05, 3.63) is 27.0 Å². The lowest BCUT2D eigenvalue weighted by Gasteiger charge is -2.29. The molecule has 1 saturated heterocycles. The Morgan fingerprint density at radius 1 is 1.53 bits per heavy atom. The van der Waals surface area contributed by atoms with E-state index in [-0.39, 0.29) is 11.4 Å². The van der Waals surface area contributed by atoms with Crippen molar-refractivity contribution in [1.29, 1.82) is 0 Å². The Bertz CT molecular complexity index is 505. The van der Waals surface area contributed by atoms with Gasteiger partial charge in [-0.3, -0.25) is 14.3 Å². The molecule has 3 N–H and O–H groups in total. The molecule has 0 aromatic carbocycles. The van der Waals surface area contributed by atoms with Gasteiger partial charge in [0.2, 0.25) is 0 Å². The lowest BCUT2D eigenvalue weighted by atomic mass is 9.98. The molecule has 1 aliphatic heterocycles. The van der Waals surface area contributed by atoms with Crippen LogP contribution < -0.4 is 17.0 Å². The SMILES string of the molecule is CN1CCCC(Cn2cc(N)c(=O)[nH]c2=O)C1. The number of likely N-dealkylation sites (tertiary alicyclic amines) is 1. The summed E-state index contributed by atoms with van der Waals surface area (Å²) < 4.78 is 1.50. The molecule has 0 bridgehead atoms. The van der Waals surface area contributed by atoms with Crippen LogP contribution >= 0.6 is 0 Å². The highest BCUT2D eigenvalue weighted by atomic mass is 16.2. The minimum absolute atomic E-state index is 0.0914. The van der Waals surface area contributed by atoms with E-state index in [1.807, 2.05) is 0 Å². The van der Waals surface area contributed by atoms with E-state index in [9.17, 15) is 9.59 Å². The molecule has 1 unspecified atom stereocenters. The number of nitrogens with one attached hydrogen (secondary N) is 1. The summed E-state index contributed by atoms with van der Waals surface area (Å²) in [5.41, 5.74) is 4.71. The quantitative estimate of drug-likeness (QED) is 0.725. The Labute approximate surface area is 99.1 Å². The zero-order chi connectivity index (χ0) is 12.4. The van der Waals surface area contributed by atoms with Gasteiger partial charge in [-0.2, -0.15) is 0 Å². The number of rotatable bonds is 2. The Kier molecular flexibility index (Phi) is 3.33. The molecule has 1 fully saturated rings. The second kappa shape index (κ2) is 4.75. The number of aromatic nitrogens is 2. The van der Waals surface area contributed by atoms with E-state index in [4.69, 9.17) is 5.73 Å². The molecule has 1 aromatic heterocycles. The van der Waals surface area contributed by atoms with E-state index in [0.717, 1.165) is 25.9 Å². The standard InChI is InChI=1S/C11H18N4O2/c1-14-4-2-3-8(5-14)6-15-7-9(12)10(16)13-11(15)17/h7-8H,2-6,12H2,1H3,(H,13,16,17). The third-order valence-electron chi connectivity index (χ3n) is 3.22. The van der Waals surface area contributed by atoms with E-state index in [0.29, 0.717) is 12.5 Å². The van der Waals surface area contributed by atoms with Crippen molar-refractivity contribution in [2.75, 3.05) is 25.9 Å². The summed E-state index contributed by atoms with van der Waals surface area (Å²) in [4.78, 5) is 27.2. The minimum atomic E-state index is -0.507. The van der Waals surface area contributed by atoms with Crippen LogP contribution in [-0.2, 0) is 6.54 Å². The molecule has 0 radical (unpaired) electrons. The normalized spacial score (nSPS) is 21.6. The Morgan fingerprint density at radius 2 is 2.29 bits per heavy atom. The van der Waals surface area contributed by atoms with Crippen molar-refractivity contribution < 1.29 is 0 Å². The van der Waals surface area contributed by atoms with Crippen LogP contribution in [0.3, 0.4) is 0 Å². The number of nitrogens with zero attached hydrogens (tertiary/aromatic N) is 2. The highest BCUT2D eigenvalue weighted by Gasteiger charge is 2.18. The van der Waals surface area contributed by atoms with Gasteiger partial charge in [-0.25, -0.2) is 4.79 Å². The third kappa shape index (κ3) is 2.76. The fraction of sp³-hybridized carbons (Fsp3) is 0.636. The number of hydrogen-bond acceptors (Lipinski definition) is 4. The molecule has 1 atom stereocenters. The van der Waals surface area contributed by atoms with Crippen molar-refractivity contribution in [3.63, 3.8) is 0 Å². The highest BCUT2D eigenvalue weighted by molar-refractivity contribution is 5.30. The second-order valence-corrected chi connectivity index (χ2v) is 4.77. The van der Waals surface area contributed by atoms with Gasteiger partial charge in [-0.1, -0.05) is 0 Å². The van der Waals surface area contributed by atoms with Gasteiger partial charge in [0.05, 0.1) is 0 Å². The van der Waals surface area contributed by atoms with Crippen molar-refractivity contribution in [1.82, 2.24) is 14.5 Å². The molecule has 0 spiro atoms. The molecule has 6 nitrogen and oxygen atoms in total. The summed E-state index contributed by atoms with van der Waals surface area (Å²) in [6, 6.07) is 0. The fourth-order valence-corrected chi connectivity index (χ4v) is 2.36. The van der Waals surface area contributed by atoms with Crippen LogP contribution in [-0.4, -0.2) is 34.6 Å². The average molecular weight is 238 g/mol. The summed E-state index contributed by atoms with van der Waals surface area (Å²) in [6.45, 7) is 2.70. The molecule has 2 heterocycles. The number of piperidine rings is 1. The van der Waals surface area contributed by atoms with Crippen LogP contribution in [0, 0.1) is 5.92 Å². The number of nitrogen functional groups attached to an aromatic ring is 1. The van der Waals surface area contributed by atoms with Gasteiger partial charge in [0.1, 0.15) is 5.69 Å². The van der Waals surface area contributed by atoms with Crippen molar-refractivity contribution in [2.45, 2.75) is 19.4 Å². The molecule has 0 aliphatic carbocycles. The van der Waals surface area contributed by atoms with E-state index in [2.05, 4.69) is 16.9 Å². The molecule has 94 valence electrons. The first-order chi connectivity index (χ1) is 8.06. The van der Waals surface area contributed by atoms with Crippen LogP contribution in [0.5, 0.6) is 0 Å². The maximum absolute atomic E-state index is 11.6. The summed E-state index contributed by atoms with van der Waals surface area (Å²) >= 11 is 0. The molecule has 0 amide bonds. The Balaban J connectivity index is 2.16. The van der Waals surface area contributed by atoms with Gasteiger partial charge in [-0.05, 0) is 32.4 Å². The van der Waals surface area contributed by atoms with Gasteiger partial charge in [0, 0.05) is 19.3 Å². The molecular weight excluding hydrogens is 220 g/mol. The average Bonchev–Trinajstić information content (AvgIpc) is 2.26. The largest absolute Gasteiger partial charge is 0.393 e. The Morgan fingerprint density at radius 3 is 3.00 bits per heavy atom. The van der Waals surface area contributed by atoms with Gasteiger partial charge >= 0.3 is 5.69 Å². The zero-order valence-corrected chi connectivity index (χ0v) is 9.98. The van der Waals surface area contributed by atoms with E-state index < -0.39 is 5.56 Å². The molecular formula is C11H18N4O2. The fourth-order valence-electron chi connectivity index (χ4n) is 2.36. The van der Waals surface area contributed by atoms with E-state index >= 15 is 0 Å². The minimum Gasteiger partial charge on any atom is -0.393 e. The maximum atomic E-state index is 11.6. The smallest absolute Gasteiger partial charge is 0.328 e. The van der Waals surface area contributed by atoms with Crippen LogP contribution in [0.4, 0.5) is 5.69 Å². The maximum Gasteiger partial charge on any atom is 0.328 e. The molecule has 17 heavy (non-hydrogen) atoms. The molecule has 1 aromatic rings. The van der Waals surface area contributed by atoms with Crippen LogP contribution in [0.25, 0.3) is 0 Å². The molecule has 2 rings (SSSR count). The highest BCUT2D eigenvalue weighted by Crippen LogP contribution is 2.16. The van der Waals surface area contributed by atoms with Gasteiger partial charge in [0.15, 0.2) is 0 Å². The van der Waals surface area contributed by atoms with Crippen molar-refractivity contribution in [3.8, 4) is 0 Å². The second-order valence-electron chi connectivity index (χ2n) is 4.77. The predicted octanol–water partition coefficient (Wildman–Crippen LogP) is -0.539. The van der Waals surface area contributed by atoms with Gasteiger partial charge in [0.25, 0.3) is 5.56 Å². The number of anilines is 1. The predicted molar refractivity (Wildman–Crippen MR) is 66.0 cm³/mol. The van der Waals surface area contributed by atoms with Crippen LogP contribution in [0.15, 0.2) is 15.8 Å². The van der Waals surface area contributed by atoms with E-state index in [1.54, 1.807) is 0 Å². The van der Waals surface area contributed by atoms with Crippen molar-refractivity contribution in [2.24, 2.45) is 5.92 Å². The number of H-pyrrole nitrogens is 1. The lowest BCUT2D eigenvalue weighted by Crippen LogP contribution is -2.38. The van der Waals surface area contributed by atoms with Crippen LogP contribution in [0.2, 0.25) is 0 Å². The zero-order valence-electron chi connectivity index (χ0n) is 9.98. The third-order valence-corrected chi connectivity index (χ3v) is 3.22. The van der Waals surface area contributed by atoms with Crippen LogP contribution in [0.1, 0.15) is 12.8 Å². The topological polar surface area (TPSA) is 84.1 Å². The summed E-state index contributed by atoms with van der Waals surface area (Å²) in [7, 11) is 2.08. The summed E-state index contributed by atoms with van der Waals surface area (Å²) in [5.74, 6) is 0.441. The molecule has 0 saturated carbocycles. The van der Waals surface area contributed by atoms with Crippen molar-refractivity contribution >= 4 is 5.69 Å². The summed E-state index contributed by atoms with van der Waals surface area (Å²) in [5, 5.41) is 0. The first-order valence-corrected chi connectivity index (χ1v) is 5.84. The Hall–Kier alpha value is -1.56. The number of hydrogen-bond donors (Lipinski definition) is 2. The van der Waals surface area contributed by atoms with Gasteiger partial charge in [-0.15, -0.1) is 0 Å². The lowest BCUT2D eigenvalue weighted by molar-refractivity contribution is 0.193. The monoisotopic (exact) mass is 238 g/mol. The summed E-state index contributed by atoms with van der Waals surface area (Å²) in [6.07, 6.45) is 3.69. The van der Waals surface area contributed by atoms with E-state index in [1.165, 1.54) is 10.8 Å². The number of aromatic amines is 1. The number of nitrogens with two attached hydrogens (primary N) is 1. The molecule has 6 heteroatoms. The van der Waals surface area contributed by atoms with Gasteiger partial charge < -0.3 is 10.6 Å². The first kappa shape index (κ1) is 11.9. The molecule has 1 aliphatic rings.